The molecule has 2 nitrogen and oxygen atoms in total. The second-order valence-electron chi connectivity index (χ2n) is 3.87. The number of carbonyl (C=O) groups excluding carboxylic acids is 1. The Morgan fingerprint density at radius 2 is 2.00 bits per heavy atom. The van der Waals surface area contributed by atoms with Crippen LogP contribution in [0.3, 0.4) is 0 Å². The van der Waals surface area contributed by atoms with Crippen LogP contribution in [0.15, 0.2) is 11.6 Å². The van der Waals surface area contributed by atoms with Gasteiger partial charge in [-0.05, 0) is 37.8 Å². The molecule has 14 heavy (non-hydrogen) atoms. The van der Waals surface area contributed by atoms with Gasteiger partial charge in [-0.25, -0.2) is 0 Å². The molecule has 0 aliphatic carbocycles. The van der Waals surface area contributed by atoms with E-state index >= 15 is 0 Å². The molecule has 0 aromatic heterocycles. The van der Waals surface area contributed by atoms with E-state index in [0.29, 0.717) is 5.92 Å². The molecule has 0 N–H and O–H groups in total. The Labute approximate surface area is 87.3 Å². The third kappa shape index (κ3) is 4.56. The lowest BCUT2D eigenvalue weighted by molar-refractivity contribution is -0.113. The van der Waals surface area contributed by atoms with Crippen LogP contribution in [-0.2, 0) is 9.53 Å². The molecule has 0 aliphatic heterocycles. The van der Waals surface area contributed by atoms with Crippen molar-refractivity contribution in [3.63, 3.8) is 0 Å². The van der Waals surface area contributed by atoms with Gasteiger partial charge in [0.15, 0.2) is 5.78 Å². The van der Waals surface area contributed by atoms with Crippen molar-refractivity contribution in [3.05, 3.63) is 11.6 Å². The second kappa shape index (κ2) is 6.77. The van der Waals surface area contributed by atoms with Crippen molar-refractivity contribution < 1.29 is 9.53 Å². The molecule has 0 amide bonds. The van der Waals surface area contributed by atoms with E-state index in [2.05, 4.69) is 13.8 Å². The lowest BCUT2D eigenvalue weighted by atomic mass is 9.97. The summed E-state index contributed by atoms with van der Waals surface area (Å²) in [6.07, 6.45) is 4.27. The number of ketones is 1. The number of carbonyl (C=O) groups is 1. The molecule has 82 valence electrons. The Bertz CT molecular complexity index is 206. The quantitative estimate of drug-likeness (QED) is 0.613. The van der Waals surface area contributed by atoms with Crippen LogP contribution in [0.5, 0.6) is 0 Å². The van der Waals surface area contributed by atoms with E-state index in [4.69, 9.17) is 4.74 Å². The van der Waals surface area contributed by atoms with Crippen LogP contribution in [0.1, 0.15) is 40.5 Å². The van der Waals surface area contributed by atoms with Crippen molar-refractivity contribution in [1.29, 1.82) is 0 Å². The molecule has 0 spiro atoms. The molecule has 2 heteroatoms. The van der Waals surface area contributed by atoms with Crippen molar-refractivity contribution in [3.8, 4) is 0 Å². The van der Waals surface area contributed by atoms with Crippen LogP contribution >= 0.6 is 0 Å². The lowest BCUT2D eigenvalue weighted by Crippen LogP contribution is -2.18. The third-order valence-corrected chi connectivity index (χ3v) is 2.55. The van der Waals surface area contributed by atoms with Crippen LogP contribution < -0.4 is 0 Å². The van der Waals surface area contributed by atoms with Crippen molar-refractivity contribution >= 4 is 5.78 Å². The smallest absolute Gasteiger partial charge is 0.155 e. The molecule has 0 rings (SSSR count). The number of allylic oxidation sites excluding steroid dienone is 1. The molecule has 0 fully saturated rings. The molecule has 0 aromatic rings. The predicted molar refractivity (Wildman–Crippen MR) is 59.3 cm³/mol. The molecule has 0 saturated heterocycles. The fourth-order valence-electron chi connectivity index (χ4n) is 1.45. The monoisotopic (exact) mass is 198 g/mol. The summed E-state index contributed by atoms with van der Waals surface area (Å²) in [5, 5.41) is 0. The molecular formula is C12H22O2. The highest BCUT2D eigenvalue weighted by atomic mass is 16.5. The Morgan fingerprint density at radius 1 is 1.43 bits per heavy atom. The molecular weight excluding hydrogens is 176 g/mol. The first-order valence-corrected chi connectivity index (χ1v) is 5.25. The Hall–Kier alpha value is -0.630. The molecule has 0 heterocycles. The minimum Gasteiger partial charge on any atom is -0.377 e. The van der Waals surface area contributed by atoms with Crippen molar-refractivity contribution in [2.75, 3.05) is 7.11 Å². The van der Waals surface area contributed by atoms with Crippen LogP contribution in [-0.4, -0.2) is 19.0 Å². The van der Waals surface area contributed by atoms with E-state index in [-0.39, 0.29) is 11.9 Å². The molecule has 2 unspecified atom stereocenters. The minimum absolute atomic E-state index is 0.0684. The first-order valence-electron chi connectivity index (χ1n) is 5.25. The second-order valence-corrected chi connectivity index (χ2v) is 3.87. The largest absolute Gasteiger partial charge is 0.377 e. The number of Topliss-reactive ketones (excluding diaryl/α,β-unsaturated/α-hetero) is 1. The first kappa shape index (κ1) is 13.4. The van der Waals surface area contributed by atoms with E-state index in [1.807, 2.05) is 13.0 Å². The molecule has 0 saturated carbocycles. The lowest BCUT2D eigenvalue weighted by Gasteiger charge is -2.19. The molecule has 2 atom stereocenters. The Morgan fingerprint density at radius 3 is 2.36 bits per heavy atom. The van der Waals surface area contributed by atoms with E-state index in [1.54, 1.807) is 14.0 Å². The maximum absolute atomic E-state index is 11.1. The highest BCUT2D eigenvalue weighted by Gasteiger charge is 2.14. The van der Waals surface area contributed by atoms with E-state index in [1.165, 1.54) is 0 Å². The molecule has 0 bridgehead atoms. The number of hydrogen-bond donors (Lipinski definition) is 0. The normalized spacial score (nSPS) is 16.5. The predicted octanol–water partition coefficient (Wildman–Crippen LogP) is 2.97. The zero-order valence-corrected chi connectivity index (χ0v) is 9.96. The summed E-state index contributed by atoms with van der Waals surface area (Å²) in [4.78, 5) is 11.1. The van der Waals surface area contributed by atoms with Gasteiger partial charge in [0.2, 0.25) is 0 Å². The highest BCUT2D eigenvalue weighted by molar-refractivity contribution is 5.92. The minimum atomic E-state index is 0.0684. The molecule has 0 aliphatic rings. The van der Waals surface area contributed by atoms with Crippen LogP contribution in [0.25, 0.3) is 0 Å². The van der Waals surface area contributed by atoms with Gasteiger partial charge in [-0.1, -0.05) is 20.3 Å². The summed E-state index contributed by atoms with van der Waals surface area (Å²) in [5.74, 6) is 0.593. The van der Waals surface area contributed by atoms with Gasteiger partial charge in [0.1, 0.15) is 0 Å². The average molecular weight is 198 g/mol. The van der Waals surface area contributed by atoms with Gasteiger partial charge in [0.05, 0.1) is 6.10 Å². The Balaban J connectivity index is 4.41. The van der Waals surface area contributed by atoms with Gasteiger partial charge in [-0.3, -0.25) is 4.79 Å². The fraction of sp³-hybridized carbons (Fsp3) is 0.750. The van der Waals surface area contributed by atoms with Crippen molar-refractivity contribution in [2.24, 2.45) is 5.92 Å². The number of hydrogen-bond acceptors (Lipinski definition) is 2. The summed E-state index contributed by atoms with van der Waals surface area (Å²) in [6, 6.07) is 0. The standard InChI is InChI=1S/C12H22O2/c1-6-7-9(2)12(14-5)8-10(3)11(4)13/h8-9,12H,6-7H2,1-5H3. The number of ether oxygens (including phenoxy) is 1. The van der Waals surface area contributed by atoms with Gasteiger partial charge in [-0.15, -0.1) is 0 Å². The van der Waals surface area contributed by atoms with Crippen molar-refractivity contribution in [2.45, 2.75) is 46.6 Å². The zero-order chi connectivity index (χ0) is 11.1. The summed E-state index contributed by atoms with van der Waals surface area (Å²) >= 11 is 0. The molecule has 0 aromatic carbocycles. The first-order chi connectivity index (χ1) is 6.52. The van der Waals surface area contributed by atoms with Gasteiger partial charge < -0.3 is 4.74 Å². The SMILES string of the molecule is CCCC(C)C(C=C(C)C(C)=O)OC. The maximum Gasteiger partial charge on any atom is 0.155 e. The van der Waals surface area contributed by atoms with Gasteiger partial charge in [0.25, 0.3) is 0 Å². The average Bonchev–Trinajstić information content (AvgIpc) is 2.13. The molecule has 0 radical (unpaired) electrons. The third-order valence-electron chi connectivity index (χ3n) is 2.55. The van der Waals surface area contributed by atoms with Gasteiger partial charge in [0, 0.05) is 7.11 Å². The maximum atomic E-state index is 11.1. The Kier molecular flexibility index (Phi) is 6.46. The zero-order valence-electron chi connectivity index (χ0n) is 9.96. The summed E-state index contributed by atoms with van der Waals surface area (Å²) < 4.78 is 5.36. The van der Waals surface area contributed by atoms with E-state index in [9.17, 15) is 4.79 Å². The van der Waals surface area contributed by atoms with E-state index in [0.717, 1.165) is 18.4 Å². The topological polar surface area (TPSA) is 26.3 Å². The summed E-state index contributed by atoms with van der Waals surface area (Å²) in [5.41, 5.74) is 0.791. The number of methoxy groups -OCH3 is 1. The summed E-state index contributed by atoms with van der Waals surface area (Å²) in [6.45, 7) is 7.74. The number of rotatable bonds is 6. The van der Waals surface area contributed by atoms with Gasteiger partial charge in [-0.2, -0.15) is 0 Å². The fourth-order valence-corrected chi connectivity index (χ4v) is 1.45. The van der Waals surface area contributed by atoms with Crippen LogP contribution in [0, 0.1) is 5.92 Å². The van der Waals surface area contributed by atoms with E-state index < -0.39 is 0 Å². The highest BCUT2D eigenvalue weighted by Crippen LogP contribution is 2.16. The van der Waals surface area contributed by atoms with Gasteiger partial charge >= 0.3 is 0 Å². The van der Waals surface area contributed by atoms with Crippen molar-refractivity contribution in [1.82, 2.24) is 0 Å². The summed E-state index contributed by atoms with van der Waals surface area (Å²) in [7, 11) is 1.70. The van der Waals surface area contributed by atoms with Crippen LogP contribution in [0.4, 0.5) is 0 Å². The van der Waals surface area contributed by atoms with Crippen LogP contribution in [0.2, 0.25) is 0 Å².